The monoisotopic (exact) mass is 298 g/mol. The van der Waals surface area contributed by atoms with Crippen molar-refractivity contribution in [2.75, 3.05) is 33.2 Å². The molecule has 5 heteroatoms. The number of nitrogens with zero attached hydrogens (tertiary/aromatic N) is 2. The number of benzene rings is 1. The minimum Gasteiger partial charge on any atom is -0.481 e. The first-order chi connectivity index (χ1) is 9.08. The molecule has 0 aromatic heterocycles. The van der Waals surface area contributed by atoms with E-state index in [-0.39, 0.29) is 12.4 Å². The molecule has 1 saturated heterocycles. The Morgan fingerprint density at radius 3 is 2.45 bits per heavy atom. The van der Waals surface area contributed by atoms with Gasteiger partial charge in [0.25, 0.3) is 0 Å². The van der Waals surface area contributed by atoms with Crippen molar-refractivity contribution in [3.05, 3.63) is 35.4 Å². The van der Waals surface area contributed by atoms with Gasteiger partial charge in [-0.3, -0.25) is 9.69 Å². The Bertz CT molecular complexity index is 445. The molecule has 1 aromatic carbocycles. The fourth-order valence-corrected chi connectivity index (χ4v) is 2.48. The Kier molecular flexibility index (Phi) is 6.46. The number of likely N-dealkylation sites (N-methyl/N-ethyl adjacent to an activating group) is 1. The number of carboxylic acids is 1. The van der Waals surface area contributed by atoms with E-state index in [1.54, 1.807) is 6.92 Å². The number of carbonyl (C=O) groups is 1. The predicted octanol–water partition coefficient (Wildman–Crippen LogP) is 2.04. The zero-order chi connectivity index (χ0) is 13.8. The van der Waals surface area contributed by atoms with Gasteiger partial charge in [-0.1, -0.05) is 24.3 Å². The molecular weight excluding hydrogens is 276 g/mol. The maximum absolute atomic E-state index is 11.2. The van der Waals surface area contributed by atoms with E-state index in [0.29, 0.717) is 0 Å². The van der Waals surface area contributed by atoms with Crippen LogP contribution >= 0.6 is 12.4 Å². The molecule has 0 saturated carbocycles. The van der Waals surface area contributed by atoms with Crippen LogP contribution in [-0.4, -0.2) is 54.1 Å². The molecule has 2 rings (SSSR count). The molecule has 1 aliphatic rings. The number of aliphatic carboxylic acids is 1. The van der Waals surface area contributed by atoms with E-state index < -0.39 is 11.9 Å². The first-order valence-corrected chi connectivity index (χ1v) is 6.79. The maximum atomic E-state index is 11.2. The fraction of sp³-hybridized carbons (Fsp3) is 0.533. The molecule has 112 valence electrons. The minimum atomic E-state index is -0.758. The van der Waals surface area contributed by atoms with Crippen LogP contribution in [0.25, 0.3) is 0 Å². The van der Waals surface area contributed by atoms with Crippen molar-refractivity contribution in [3.8, 4) is 0 Å². The Morgan fingerprint density at radius 1 is 1.25 bits per heavy atom. The molecule has 1 unspecified atom stereocenters. The van der Waals surface area contributed by atoms with E-state index in [4.69, 9.17) is 0 Å². The molecule has 0 aliphatic carbocycles. The number of carboxylic acid groups (broad SMARTS) is 1. The average molecular weight is 299 g/mol. The van der Waals surface area contributed by atoms with Crippen molar-refractivity contribution in [3.63, 3.8) is 0 Å². The van der Waals surface area contributed by atoms with Crippen LogP contribution in [-0.2, 0) is 11.3 Å². The molecule has 0 bridgehead atoms. The van der Waals surface area contributed by atoms with Crippen LogP contribution in [0, 0.1) is 0 Å². The number of hydrogen-bond donors (Lipinski definition) is 1. The largest absolute Gasteiger partial charge is 0.481 e. The van der Waals surface area contributed by atoms with Crippen molar-refractivity contribution in [2.45, 2.75) is 19.4 Å². The Morgan fingerprint density at radius 2 is 1.85 bits per heavy atom. The van der Waals surface area contributed by atoms with Crippen LogP contribution in [0.5, 0.6) is 0 Å². The summed E-state index contributed by atoms with van der Waals surface area (Å²) < 4.78 is 0. The number of piperazine rings is 1. The van der Waals surface area contributed by atoms with Gasteiger partial charge in [-0.25, -0.2) is 0 Å². The standard InChI is InChI=1S/C15H22N2O2.ClH/c1-12(15(18)19)14-6-4-3-5-13(14)11-17-9-7-16(2)8-10-17;/h3-6,12H,7-11H2,1-2H3,(H,18,19);1H. The van der Waals surface area contributed by atoms with Crippen molar-refractivity contribution in [1.82, 2.24) is 9.80 Å². The number of halogens is 1. The average Bonchev–Trinajstić information content (AvgIpc) is 2.41. The molecule has 1 aliphatic heterocycles. The Balaban J connectivity index is 0.00000200. The van der Waals surface area contributed by atoms with Crippen molar-refractivity contribution in [1.29, 1.82) is 0 Å². The normalized spacial score (nSPS) is 18.3. The van der Waals surface area contributed by atoms with E-state index in [0.717, 1.165) is 43.9 Å². The Hall–Kier alpha value is -1.10. The third-order valence-corrected chi connectivity index (χ3v) is 3.88. The highest BCUT2D eigenvalue weighted by atomic mass is 35.5. The second kappa shape index (κ2) is 7.62. The lowest BCUT2D eigenvalue weighted by molar-refractivity contribution is -0.138. The van der Waals surface area contributed by atoms with Gasteiger partial charge in [0, 0.05) is 32.7 Å². The van der Waals surface area contributed by atoms with Crippen LogP contribution in [0.15, 0.2) is 24.3 Å². The lowest BCUT2D eigenvalue weighted by atomic mass is 9.95. The van der Waals surface area contributed by atoms with Crippen molar-refractivity contribution in [2.24, 2.45) is 0 Å². The summed E-state index contributed by atoms with van der Waals surface area (Å²) in [6.45, 7) is 6.86. The van der Waals surface area contributed by atoms with E-state index in [1.807, 2.05) is 24.3 Å². The molecule has 0 amide bonds. The van der Waals surface area contributed by atoms with Gasteiger partial charge in [0.05, 0.1) is 5.92 Å². The minimum absolute atomic E-state index is 0. The Labute approximate surface area is 126 Å². The summed E-state index contributed by atoms with van der Waals surface area (Å²) in [7, 11) is 2.14. The summed E-state index contributed by atoms with van der Waals surface area (Å²) in [4.78, 5) is 15.9. The molecule has 4 nitrogen and oxygen atoms in total. The third-order valence-electron chi connectivity index (χ3n) is 3.88. The van der Waals surface area contributed by atoms with E-state index >= 15 is 0 Å². The van der Waals surface area contributed by atoms with Crippen LogP contribution in [0.2, 0.25) is 0 Å². The molecule has 1 aromatic rings. The van der Waals surface area contributed by atoms with Gasteiger partial charge < -0.3 is 10.0 Å². The molecule has 1 N–H and O–H groups in total. The second-order valence-electron chi connectivity index (χ2n) is 5.34. The SMILES string of the molecule is CC(C(=O)O)c1ccccc1CN1CCN(C)CC1.Cl. The van der Waals surface area contributed by atoms with Gasteiger partial charge in [-0.2, -0.15) is 0 Å². The molecule has 1 heterocycles. The molecule has 20 heavy (non-hydrogen) atoms. The van der Waals surface area contributed by atoms with E-state index in [9.17, 15) is 9.90 Å². The van der Waals surface area contributed by atoms with Gasteiger partial charge >= 0.3 is 5.97 Å². The summed E-state index contributed by atoms with van der Waals surface area (Å²) in [5, 5.41) is 9.18. The van der Waals surface area contributed by atoms with Gasteiger partial charge in [-0.15, -0.1) is 12.4 Å². The lowest BCUT2D eigenvalue weighted by Gasteiger charge is -2.33. The molecule has 1 fully saturated rings. The predicted molar refractivity (Wildman–Crippen MR) is 82.5 cm³/mol. The number of rotatable bonds is 4. The van der Waals surface area contributed by atoms with Gasteiger partial charge in [-0.05, 0) is 25.1 Å². The van der Waals surface area contributed by atoms with E-state index in [1.165, 1.54) is 0 Å². The summed E-state index contributed by atoms with van der Waals surface area (Å²) in [5.74, 6) is -1.20. The third kappa shape index (κ3) is 4.20. The van der Waals surface area contributed by atoms with Crippen molar-refractivity contribution < 1.29 is 9.90 Å². The summed E-state index contributed by atoms with van der Waals surface area (Å²) in [6.07, 6.45) is 0. The topological polar surface area (TPSA) is 43.8 Å². The summed E-state index contributed by atoms with van der Waals surface area (Å²) >= 11 is 0. The van der Waals surface area contributed by atoms with Gasteiger partial charge in [0.1, 0.15) is 0 Å². The maximum Gasteiger partial charge on any atom is 0.310 e. The quantitative estimate of drug-likeness (QED) is 0.924. The summed E-state index contributed by atoms with van der Waals surface area (Å²) in [5.41, 5.74) is 2.08. The summed E-state index contributed by atoms with van der Waals surface area (Å²) in [6, 6.07) is 7.89. The van der Waals surface area contributed by atoms with Crippen LogP contribution in [0.1, 0.15) is 24.0 Å². The highest BCUT2D eigenvalue weighted by Gasteiger charge is 2.19. The highest BCUT2D eigenvalue weighted by molar-refractivity contribution is 5.85. The highest BCUT2D eigenvalue weighted by Crippen LogP contribution is 2.21. The smallest absolute Gasteiger partial charge is 0.310 e. The number of hydrogen-bond acceptors (Lipinski definition) is 3. The molecule has 0 spiro atoms. The zero-order valence-corrected chi connectivity index (χ0v) is 12.9. The lowest BCUT2D eigenvalue weighted by Crippen LogP contribution is -2.44. The fourth-order valence-electron chi connectivity index (χ4n) is 2.48. The van der Waals surface area contributed by atoms with Crippen LogP contribution < -0.4 is 0 Å². The zero-order valence-electron chi connectivity index (χ0n) is 12.1. The first-order valence-electron chi connectivity index (χ1n) is 6.79. The molecule has 0 radical (unpaired) electrons. The van der Waals surface area contributed by atoms with E-state index in [2.05, 4.69) is 16.8 Å². The molecule has 1 atom stereocenters. The van der Waals surface area contributed by atoms with Crippen LogP contribution in [0.3, 0.4) is 0 Å². The van der Waals surface area contributed by atoms with Gasteiger partial charge in [0.15, 0.2) is 0 Å². The first kappa shape index (κ1) is 17.0. The van der Waals surface area contributed by atoms with Gasteiger partial charge in [0.2, 0.25) is 0 Å². The second-order valence-corrected chi connectivity index (χ2v) is 5.34. The molecular formula is C15H23ClN2O2. The van der Waals surface area contributed by atoms with Crippen LogP contribution in [0.4, 0.5) is 0 Å². The van der Waals surface area contributed by atoms with Crippen molar-refractivity contribution >= 4 is 18.4 Å².